The summed E-state index contributed by atoms with van der Waals surface area (Å²) in [7, 11) is 0. The van der Waals surface area contributed by atoms with Gasteiger partial charge in [-0.2, -0.15) is 13.2 Å². The third-order valence-electron chi connectivity index (χ3n) is 3.04. The number of nitrogens with one attached hydrogen (secondary N) is 1. The lowest BCUT2D eigenvalue weighted by molar-refractivity contribution is -0.144. The van der Waals surface area contributed by atoms with Gasteiger partial charge < -0.3 is 5.32 Å². The van der Waals surface area contributed by atoms with Gasteiger partial charge in [0.1, 0.15) is 11.6 Å². The molecule has 1 aromatic heterocycles. The Hall–Kier alpha value is -2.41. The Labute approximate surface area is 132 Å². The van der Waals surface area contributed by atoms with Crippen LogP contribution in [0.1, 0.15) is 5.82 Å². The van der Waals surface area contributed by atoms with Crippen LogP contribution in [0, 0.1) is 5.82 Å². The van der Waals surface area contributed by atoms with Crippen molar-refractivity contribution in [3.05, 3.63) is 59.1 Å². The van der Waals surface area contributed by atoms with Gasteiger partial charge in [-0.15, -0.1) is 0 Å². The molecule has 0 unspecified atom stereocenters. The number of aromatic nitrogens is 2. The number of halogens is 5. The summed E-state index contributed by atoms with van der Waals surface area (Å²) in [6.07, 6.45) is -4.71. The summed E-state index contributed by atoms with van der Waals surface area (Å²) in [5.41, 5.74) is 0.0224. The Morgan fingerprint density at radius 2 is 1.74 bits per heavy atom. The lowest BCUT2D eigenvalue weighted by Gasteiger charge is -2.13. The van der Waals surface area contributed by atoms with Crippen molar-refractivity contribution in [3.63, 3.8) is 0 Å². The van der Waals surface area contributed by atoms with Crippen molar-refractivity contribution < 1.29 is 17.6 Å². The predicted molar refractivity (Wildman–Crippen MR) is 79.2 cm³/mol. The Balaban J connectivity index is 2.17. The average molecular weight is 342 g/mol. The minimum atomic E-state index is -4.71. The molecule has 0 saturated heterocycles. The van der Waals surface area contributed by atoms with E-state index in [2.05, 4.69) is 15.3 Å². The molecule has 0 spiro atoms. The molecular formula is C15H8ClF4N3. The molecule has 0 aliphatic rings. The maximum atomic E-state index is 13.8. The topological polar surface area (TPSA) is 37.8 Å². The third-order valence-corrected chi connectivity index (χ3v) is 3.27. The number of rotatable bonds is 2. The summed E-state index contributed by atoms with van der Waals surface area (Å²) in [6.45, 7) is 0. The monoisotopic (exact) mass is 341 g/mol. The number of hydrogen-bond donors (Lipinski definition) is 1. The lowest BCUT2D eigenvalue weighted by atomic mass is 10.2. The van der Waals surface area contributed by atoms with Gasteiger partial charge in [-0.25, -0.2) is 14.4 Å². The van der Waals surface area contributed by atoms with Crippen LogP contribution in [0.3, 0.4) is 0 Å². The van der Waals surface area contributed by atoms with E-state index in [0.717, 1.165) is 6.07 Å². The fraction of sp³-hybridized carbons (Fsp3) is 0.0667. The minimum Gasteiger partial charge on any atom is -0.337 e. The van der Waals surface area contributed by atoms with E-state index >= 15 is 0 Å². The number of alkyl halides is 3. The second kappa shape index (κ2) is 5.66. The molecule has 118 valence electrons. The third kappa shape index (κ3) is 3.19. The van der Waals surface area contributed by atoms with E-state index in [4.69, 9.17) is 11.6 Å². The number of anilines is 2. The Kier molecular flexibility index (Phi) is 3.81. The van der Waals surface area contributed by atoms with Gasteiger partial charge in [-0.05, 0) is 30.3 Å². The van der Waals surface area contributed by atoms with Crippen LogP contribution in [0.4, 0.5) is 29.1 Å². The number of para-hydroxylation sites is 1. The van der Waals surface area contributed by atoms with Gasteiger partial charge in [0.15, 0.2) is 0 Å². The zero-order chi connectivity index (χ0) is 16.6. The summed E-state index contributed by atoms with van der Waals surface area (Å²) in [4.78, 5) is 6.97. The molecule has 0 bridgehead atoms. The zero-order valence-electron chi connectivity index (χ0n) is 11.3. The fourth-order valence-corrected chi connectivity index (χ4v) is 2.19. The van der Waals surface area contributed by atoms with Crippen LogP contribution < -0.4 is 5.32 Å². The largest absolute Gasteiger partial charge is 0.451 e. The van der Waals surface area contributed by atoms with Crippen LogP contribution in [0.15, 0.2) is 42.5 Å². The van der Waals surface area contributed by atoms with Gasteiger partial charge in [0, 0.05) is 10.4 Å². The van der Waals surface area contributed by atoms with E-state index in [-0.39, 0.29) is 22.0 Å². The second-order valence-electron chi connectivity index (χ2n) is 4.66. The van der Waals surface area contributed by atoms with Gasteiger partial charge >= 0.3 is 6.18 Å². The molecule has 0 aliphatic heterocycles. The maximum Gasteiger partial charge on any atom is 0.451 e. The molecule has 0 aliphatic carbocycles. The molecule has 0 saturated carbocycles. The first-order valence-corrected chi connectivity index (χ1v) is 6.78. The highest BCUT2D eigenvalue weighted by Crippen LogP contribution is 2.32. The first kappa shape index (κ1) is 15.5. The molecule has 3 aromatic rings. The Bertz CT molecular complexity index is 880. The number of hydrogen-bond acceptors (Lipinski definition) is 3. The summed E-state index contributed by atoms with van der Waals surface area (Å²) in [5, 5.41) is 3.13. The quantitative estimate of drug-likeness (QED) is 0.652. The molecule has 0 atom stereocenters. The molecule has 0 amide bonds. The SMILES string of the molecule is Fc1ccc(Cl)cc1Nc1nc(C(F)(F)F)nc2ccccc12. The van der Waals surface area contributed by atoms with Crippen LogP contribution >= 0.6 is 11.6 Å². The van der Waals surface area contributed by atoms with Crippen LogP contribution in [0.2, 0.25) is 5.02 Å². The summed E-state index contributed by atoms with van der Waals surface area (Å²) < 4.78 is 52.6. The van der Waals surface area contributed by atoms with E-state index in [9.17, 15) is 17.6 Å². The van der Waals surface area contributed by atoms with Crippen molar-refractivity contribution in [2.24, 2.45) is 0 Å². The van der Waals surface area contributed by atoms with Crippen molar-refractivity contribution in [2.45, 2.75) is 6.18 Å². The van der Waals surface area contributed by atoms with E-state index in [1.54, 1.807) is 18.2 Å². The van der Waals surface area contributed by atoms with E-state index in [1.807, 2.05) is 0 Å². The van der Waals surface area contributed by atoms with Gasteiger partial charge in [0.05, 0.1) is 11.2 Å². The highest BCUT2D eigenvalue weighted by atomic mass is 35.5. The first-order valence-electron chi connectivity index (χ1n) is 6.40. The van der Waals surface area contributed by atoms with Crippen LogP contribution in [0.5, 0.6) is 0 Å². The number of benzene rings is 2. The first-order chi connectivity index (χ1) is 10.8. The minimum absolute atomic E-state index is 0.0746. The van der Waals surface area contributed by atoms with Gasteiger partial charge in [-0.3, -0.25) is 0 Å². The normalized spacial score (nSPS) is 11.7. The smallest absolute Gasteiger partial charge is 0.337 e. The molecule has 23 heavy (non-hydrogen) atoms. The summed E-state index contributed by atoms with van der Waals surface area (Å²) in [5.74, 6) is -2.11. The molecule has 2 aromatic carbocycles. The van der Waals surface area contributed by atoms with Crippen molar-refractivity contribution in [1.29, 1.82) is 0 Å². The highest BCUT2D eigenvalue weighted by Gasteiger charge is 2.35. The molecule has 8 heteroatoms. The van der Waals surface area contributed by atoms with Crippen LogP contribution in [0.25, 0.3) is 10.9 Å². The highest BCUT2D eigenvalue weighted by molar-refractivity contribution is 6.30. The van der Waals surface area contributed by atoms with E-state index in [0.29, 0.717) is 5.39 Å². The molecule has 1 heterocycles. The van der Waals surface area contributed by atoms with Crippen LogP contribution in [-0.4, -0.2) is 9.97 Å². The molecule has 0 radical (unpaired) electrons. The Morgan fingerprint density at radius 3 is 2.48 bits per heavy atom. The molecule has 1 N–H and O–H groups in total. The second-order valence-corrected chi connectivity index (χ2v) is 5.10. The van der Waals surface area contributed by atoms with E-state index in [1.165, 1.54) is 18.2 Å². The Morgan fingerprint density at radius 1 is 1.00 bits per heavy atom. The van der Waals surface area contributed by atoms with E-state index < -0.39 is 17.8 Å². The maximum absolute atomic E-state index is 13.8. The number of nitrogens with zero attached hydrogens (tertiary/aromatic N) is 2. The zero-order valence-corrected chi connectivity index (χ0v) is 12.1. The molecule has 3 nitrogen and oxygen atoms in total. The predicted octanol–water partition coefficient (Wildman–Crippen LogP) is 5.18. The molecule has 0 fully saturated rings. The number of fused-ring (bicyclic) bond motifs is 1. The summed E-state index contributed by atoms with van der Waals surface area (Å²) >= 11 is 5.79. The van der Waals surface area contributed by atoms with Crippen LogP contribution in [-0.2, 0) is 6.18 Å². The van der Waals surface area contributed by atoms with Crippen molar-refractivity contribution in [1.82, 2.24) is 9.97 Å². The average Bonchev–Trinajstić information content (AvgIpc) is 2.50. The van der Waals surface area contributed by atoms with Crippen molar-refractivity contribution in [3.8, 4) is 0 Å². The van der Waals surface area contributed by atoms with Crippen molar-refractivity contribution in [2.75, 3.05) is 5.32 Å². The van der Waals surface area contributed by atoms with Gasteiger partial charge in [0.25, 0.3) is 0 Å². The van der Waals surface area contributed by atoms with Crippen molar-refractivity contribution >= 4 is 34.0 Å². The molecular weight excluding hydrogens is 334 g/mol. The molecule has 3 rings (SSSR count). The standard InChI is InChI=1S/C15H8ClF4N3/c16-8-5-6-10(17)12(7-8)21-13-9-3-1-2-4-11(9)22-14(23-13)15(18,19)20/h1-7H,(H,21,22,23). The fourth-order valence-electron chi connectivity index (χ4n) is 2.02. The lowest BCUT2D eigenvalue weighted by Crippen LogP contribution is -2.13. The summed E-state index contributed by atoms with van der Waals surface area (Å²) in [6, 6.07) is 9.85. The van der Waals surface area contributed by atoms with Gasteiger partial charge in [0.2, 0.25) is 5.82 Å². The van der Waals surface area contributed by atoms with Gasteiger partial charge in [-0.1, -0.05) is 23.7 Å².